The van der Waals surface area contributed by atoms with Gasteiger partial charge in [-0.3, -0.25) is 0 Å². The lowest BCUT2D eigenvalue weighted by molar-refractivity contribution is -0.151. The van der Waals surface area contributed by atoms with Gasteiger partial charge in [0.25, 0.3) is 11.4 Å². The van der Waals surface area contributed by atoms with E-state index in [0.29, 0.717) is 25.3 Å². The summed E-state index contributed by atoms with van der Waals surface area (Å²) in [5.41, 5.74) is 11.0. The van der Waals surface area contributed by atoms with Crippen LogP contribution < -0.4 is 16.2 Å². The molecule has 1 heterocycles. The Morgan fingerprint density at radius 1 is 1.63 bits per heavy atom. The maximum Gasteiger partial charge on any atom is 0.274 e. The first kappa shape index (κ1) is 15.9. The van der Waals surface area contributed by atoms with Crippen LogP contribution in [0, 0.1) is 5.92 Å². The van der Waals surface area contributed by atoms with Crippen molar-refractivity contribution in [3.05, 3.63) is 24.2 Å². The van der Waals surface area contributed by atoms with E-state index in [-0.39, 0.29) is 12.5 Å². The number of hydrogen-bond donors (Lipinski definition) is 3. The highest BCUT2D eigenvalue weighted by atomic mass is 32.2. The van der Waals surface area contributed by atoms with Crippen LogP contribution in [0.3, 0.4) is 0 Å². The summed E-state index contributed by atoms with van der Waals surface area (Å²) in [7, 11) is 0. The normalized spacial score (nSPS) is 26.8. The standard InChI is InChI=1S/C10H18F2N4O2S/c11-18-7-8-6-16(10(14)2-1-4-13)5-3-9(8)15-19(12)17/h1-2,4,8-9,15H,3,5-7,13-14H2/b4-1-,10-2+. The first-order valence-electron chi connectivity index (χ1n) is 5.75. The predicted octanol–water partition coefficient (Wildman–Crippen LogP) is -0.0117. The monoisotopic (exact) mass is 296 g/mol. The molecule has 0 radical (unpaired) electrons. The summed E-state index contributed by atoms with van der Waals surface area (Å²) in [6.45, 7) is 0.698. The Kier molecular flexibility index (Phi) is 6.74. The highest BCUT2D eigenvalue weighted by Gasteiger charge is 2.31. The molecule has 19 heavy (non-hydrogen) atoms. The van der Waals surface area contributed by atoms with E-state index in [1.807, 2.05) is 4.90 Å². The van der Waals surface area contributed by atoms with Gasteiger partial charge in [0.15, 0.2) is 0 Å². The van der Waals surface area contributed by atoms with Gasteiger partial charge in [-0.15, -0.1) is 3.89 Å². The molecule has 1 saturated heterocycles. The predicted molar refractivity (Wildman–Crippen MR) is 68.5 cm³/mol. The van der Waals surface area contributed by atoms with E-state index in [0.717, 1.165) is 0 Å². The van der Waals surface area contributed by atoms with E-state index in [1.165, 1.54) is 6.20 Å². The number of halogens is 2. The molecule has 0 saturated carbocycles. The topological polar surface area (TPSA) is 93.6 Å². The molecule has 0 amide bonds. The third-order valence-electron chi connectivity index (χ3n) is 3.00. The highest BCUT2D eigenvalue weighted by Crippen LogP contribution is 2.20. The van der Waals surface area contributed by atoms with E-state index in [9.17, 15) is 12.6 Å². The number of hydrogen-bond acceptors (Lipinski definition) is 5. The van der Waals surface area contributed by atoms with Crippen LogP contribution >= 0.6 is 0 Å². The largest absolute Gasteiger partial charge is 0.405 e. The van der Waals surface area contributed by atoms with Gasteiger partial charge in [0.05, 0.1) is 12.4 Å². The SMILES string of the molecule is N/C=C\C=C(/N)N1CCC(NS(=O)F)C(COF)C1. The molecule has 3 unspecified atom stereocenters. The Balaban J connectivity index is 2.67. The minimum absolute atomic E-state index is 0.217. The second kappa shape index (κ2) is 8.08. The van der Waals surface area contributed by atoms with Crippen LogP contribution in [0.5, 0.6) is 0 Å². The zero-order valence-electron chi connectivity index (χ0n) is 10.3. The summed E-state index contributed by atoms with van der Waals surface area (Å²) in [6.07, 6.45) is 5.02. The molecule has 6 nitrogen and oxygen atoms in total. The maximum absolute atomic E-state index is 12.5. The lowest BCUT2D eigenvalue weighted by Gasteiger charge is -2.38. The molecule has 0 aliphatic carbocycles. The van der Waals surface area contributed by atoms with Crippen LogP contribution in [-0.4, -0.2) is 34.8 Å². The van der Waals surface area contributed by atoms with Gasteiger partial charge in [0.2, 0.25) is 0 Å². The van der Waals surface area contributed by atoms with Gasteiger partial charge < -0.3 is 16.4 Å². The number of nitrogens with two attached hydrogens (primary N) is 2. The number of rotatable bonds is 6. The lowest BCUT2D eigenvalue weighted by atomic mass is 9.93. The smallest absolute Gasteiger partial charge is 0.274 e. The molecule has 3 atom stereocenters. The summed E-state index contributed by atoms with van der Waals surface area (Å²) >= 11 is -2.63. The number of likely N-dealkylation sites (tertiary alicyclic amines) is 1. The Morgan fingerprint density at radius 3 is 2.95 bits per heavy atom. The van der Waals surface area contributed by atoms with Gasteiger partial charge in [-0.2, -0.15) is 4.94 Å². The minimum Gasteiger partial charge on any atom is -0.405 e. The summed E-state index contributed by atoms with van der Waals surface area (Å²) in [6, 6.07) is -0.421. The second-order valence-electron chi connectivity index (χ2n) is 4.19. The molecule has 0 bridgehead atoms. The lowest BCUT2D eigenvalue weighted by Crippen LogP contribution is -2.51. The van der Waals surface area contributed by atoms with E-state index in [4.69, 9.17) is 11.5 Å². The van der Waals surface area contributed by atoms with E-state index in [1.54, 1.807) is 12.2 Å². The molecule has 1 aliphatic rings. The summed E-state index contributed by atoms with van der Waals surface area (Å²) in [4.78, 5) is 5.43. The molecule has 5 N–H and O–H groups in total. The van der Waals surface area contributed by atoms with Crippen molar-refractivity contribution in [2.45, 2.75) is 12.5 Å². The first-order chi connectivity index (χ1) is 9.08. The molecule has 9 heteroatoms. The van der Waals surface area contributed by atoms with Crippen molar-refractivity contribution in [1.29, 1.82) is 0 Å². The molecule has 0 spiro atoms. The molecule has 1 rings (SSSR count). The van der Waals surface area contributed by atoms with Gasteiger partial charge in [-0.05, 0) is 29.3 Å². The van der Waals surface area contributed by atoms with E-state index in [2.05, 4.69) is 9.66 Å². The van der Waals surface area contributed by atoms with E-state index >= 15 is 0 Å². The second-order valence-corrected chi connectivity index (χ2v) is 4.88. The van der Waals surface area contributed by atoms with Gasteiger partial charge in [0.1, 0.15) is 0 Å². The number of piperidine rings is 1. The molecule has 0 aromatic heterocycles. The van der Waals surface area contributed by atoms with Crippen LogP contribution in [0.2, 0.25) is 0 Å². The fourth-order valence-electron chi connectivity index (χ4n) is 2.05. The molecular formula is C10H18F2N4O2S. The van der Waals surface area contributed by atoms with Gasteiger partial charge in [0, 0.05) is 25.0 Å². The number of allylic oxidation sites excluding steroid dienone is 2. The molecule has 1 aliphatic heterocycles. The van der Waals surface area contributed by atoms with Crippen molar-refractivity contribution in [3.8, 4) is 0 Å². The van der Waals surface area contributed by atoms with E-state index < -0.39 is 17.4 Å². The highest BCUT2D eigenvalue weighted by molar-refractivity contribution is 7.77. The Bertz CT molecular complexity index is 367. The Hall–Kier alpha value is -1.19. The van der Waals surface area contributed by atoms with Gasteiger partial charge in [-0.25, -0.2) is 8.93 Å². The van der Waals surface area contributed by atoms with Crippen molar-refractivity contribution in [2.24, 2.45) is 17.4 Å². The van der Waals surface area contributed by atoms with Crippen LogP contribution in [0.4, 0.5) is 8.41 Å². The quantitative estimate of drug-likeness (QED) is 0.473. The third-order valence-corrected chi connectivity index (χ3v) is 3.49. The van der Waals surface area contributed by atoms with Crippen LogP contribution in [-0.2, 0) is 16.3 Å². The molecule has 110 valence electrons. The van der Waals surface area contributed by atoms with Crippen LogP contribution in [0.1, 0.15) is 6.42 Å². The number of nitrogens with one attached hydrogen (secondary N) is 1. The fraction of sp³-hybridized carbons (Fsp3) is 0.600. The van der Waals surface area contributed by atoms with Crippen molar-refractivity contribution >= 4 is 11.4 Å². The molecule has 0 aromatic carbocycles. The van der Waals surface area contributed by atoms with Crippen molar-refractivity contribution in [3.63, 3.8) is 0 Å². The van der Waals surface area contributed by atoms with Gasteiger partial charge >= 0.3 is 0 Å². The summed E-state index contributed by atoms with van der Waals surface area (Å²) < 4.78 is 37.3. The van der Waals surface area contributed by atoms with Crippen molar-refractivity contribution < 1.29 is 17.6 Å². The molecular weight excluding hydrogens is 278 g/mol. The summed E-state index contributed by atoms with van der Waals surface area (Å²) in [5, 5.41) is 0. The zero-order valence-corrected chi connectivity index (χ0v) is 11.1. The first-order valence-corrected chi connectivity index (χ1v) is 6.80. The average Bonchev–Trinajstić information content (AvgIpc) is 2.37. The Labute approximate surface area is 113 Å². The van der Waals surface area contributed by atoms with Gasteiger partial charge in [-0.1, -0.05) is 0 Å². The Morgan fingerprint density at radius 2 is 2.37 bits per heavy atom. The zero-order chi connectivity index (χ0) is 14.3. The molecule has 1 fully saturated rings. The fourth-order valence-corrected chi connectivity index (χ4v) is 2.60. The van der Waals surface area contributed by atoms with Crippen LogP contribution in [0.25, 0.3) is 0 Å². The number of nitrogens with zero attached hydrogens (tertiary/aromatic N) is 1. The maximum atomic E-state index is 12.5. The molecule has 0 aromatic rings. The van der Waals surface area contributed by atoms with Crippen molar-refractivity contribution in [1.82, 2.24) is 9.62 Å². The minimum atomic E-state index is -2.63. The summed E-state index contributed by atoms with van der Waals surface area (Å²) in [5.74, 6) is 0.123. The average molecular weight is 296 g/mol. The third kappa shape index (κ3) is 5.13. The van der Waals surface area contributed by atoms with Crippen LogP contribution in [0.15, 0.2) is 24.2 Å². The van der Waals surface area contributed by atoms with Crippen molar-refractivity contribution in [2.75, 3.05) is 19.7 Å².